The highest BCUT2D eigenvalue weighted by atomic mass is 16.7. The van der Waals surface area contributed by atoms with Crippen LogP contribution in [0, 0.1) is 5.41 Å². The van der Waals surface area contributed by atoms with Gasteiger partial charge in [-0.05, 0) is 6.92 Å². The number of ether oxygens (including phenoxy) is 3. The summed E-state index contributed by atoms with van der Waals surface area (Å²) in [6.07, 6.45) is 0. The SMILES string of the molecule is COC(=O)C1(C)COCOC1. The summed E-state index contributed by atoms with van der Waals surface area (Å²) in [5.41, 5.74) is -0.618. The molecule has 0 aromatic heterocycles. The van der Waals surface area contributed by atoms with Gasteiger partial charge in [-0.25, -0.2) is 0 Å². The molecule has 0 bridgehead atoms. The van der Waals surface area contributed by atoms with Crippen LogP contribution in [-0.2, 0) is 19.0 Å². The molecule has 11 heavy (non-hydrogen) atoms. The van der Waals surface area contributed by atoms with Gasteiger partial charge in [-0.15, -0.1) is 0 Å². The third-order valence-electron chi connectivity index (χ3n) is 1.69. The second kappa shape index (κ2) is 3.19. The minimum atomic E-state index is -0.618. The van der Waals surface area contributed by atoms with Gasteiger partial charge < -0.3 is 14.2 Å². The molecule has 0 radical (unpaired) electrons. The highest BCUT2D eigenvalue weighted by molar-refractivity contribution is 5.76. The van der Waals surface area contributed by atoms with E-state index >= 15 is 0 Å². The van der Waals surface area contributed by atoms with Crippen molar-refractivity contribution in [2.24, 2.45) is 5.41 Å². The number of carbonyl (C=O) groups is 1. The third-order valence-corrected chi connectivity index (χ3v) is 1.69. The summed E-state index contributed by atoms with van der Waals surface area (Å²) < 4.78 is 14.6. The van der Waals surface area contributed by atoms with Gasteiger partial charge in [0.15, 0.2) is 0 Å². The van der Waals surface area contributed by atoms with Crippen molar-refractivity contribution in [2.45, 2.75) is 6.92 Å². The maximum atomic E-state index is 11.1. The highest BCUT2D eigenvalue weighted by Crippen LogP contribution is 2.22. The summed E-state index contributed by atoms with van der Waals surface area (Å²) in [5, 5.41) is 0. The van der Waals surface area contributed by atoms with Crippen LogP contribution in [-0.4, -0.2) is 33.1 Å². The van der Waals surface area contributed by atoms with Gasteiger partial charge in [-0.1, -0.05) is 0 Å². The lowest BCUT2D eigenvalue weighted by atomic mass is 9.93. The molecular weight excluding hydrogens is 148 g/mol. The fourth-order valence-corrected chi connectivity index (χ4v) is 0.999. The number of hydrogen-bond acceptors (Lipinski definition) is 4. The van der Waals surface area contributed by atoms with Crippen LogP contribution < -0.4 is 0 Å². The summed E-state index contributed by atoms with van der Waals surface area (Å²) in [7, 11) is 1.36. The zero-order valence-corrected chi connectivity index (χ0v) is 6.75. The molecule has 4 heteroatoms. The van der Waals surface area contributed by atoms with Gasteiger partial charge in [0.1, 0.15) is 12.2 Å². The van der Waals surface area contributed by atoms with Crippen LogP contribution in [0.25, 0.3) is 0 Å². The van der Waals surface area contributed by atoms with E-state index < -0.39 is 5.41 Å². The minimum Gasteiger partial charge on any atom is -0.468 e. The van der Waals surface area contributed by atoms with Crippen LogP contribution in [0.5, 0.6) is 0 Å². The number of hydrogen-bond donors (Lipinski definition) is 0. The van der Waals surface area contributed by atoms with E-state index in [1.165, 1.54) is 7.11 Å². The lowest BCUT2D eigenvalue weighted by molar-refractivity contribution is -0.189. The first-order valence-electron chi connectivity index (χ1n) is 3.43. The monoisotopic (exact) mass is 160 g/mol. The van der Waals surface area contributed by atoms with Crippen molar-refractivity contribution >= 4 is 5.97 Å². The standard InChI is InChI=1S/C7H12O4/c1-7(6(8)9-2)3-10-5-11-4-7/h3-5H2,1-2H3. The van der Waals surface area contributed by atoms with E-state index in [1.54, 1.807) is 6.92 Å². The Balaban J connectivity index is 2.56. The van der Waals surface area contributed by atoms with E-state index in [2.05, 4.69) is 4.74 Å². The second-order valence-corrected chi connectivity index (χ2v) is 2.87. The summed E-state index contributed by atoms with van der Waals surface area (Å²) in [4.78, 5) is 11.1. The van der Waals surface area contributed by atoms with Crippen LogP contribution in [0.15, 0.2) is 0 Å². The third kappa shape index (κ3) is 1.70. The summed E-state index contributed by atoms with van der Waals surface area (Å²) in [5.74, 6) is -0.280. The number of esters is 1. The van der Waals surface area contributed by atoms with Crippen molar-refractivity contribution in [2.75, 3.05) is 27.1 Å². The van der Waals surface area contributed by atoms with Crippen LogP contribution in [0.3, 0.4) is 0 Å². The molecule has 0 aromatic carbocycles. The number of carbonyl (C=O) groups excluding carboxylic acids is 1. The molecule has 0 spiro atoms. The van der Waals surface area contributed by atoms with E-state index in [0.717, 1.165) is 0 Å². The summed E-state index contributed by atoms with van der Waals surface area (Å²) >= 11 is 0. The van der Waals surface area contributed by atoms with Crippen molar-refractivity contribution in [3.8, 4) is 0 Å². The van der Waals surface area contributed by atoms with Gasteiger partial charge >= 0.3 is 5.97 Å². The molecule has 1 aliphatic heterocycles. The molecule has 0 N–H and O–H groups in total. The van der Waals surface area contributed by atoms with E-state index in [1.807, 2.05) is 0 Å². The molecule has 0 aromatic rings. The van der Waals surface area contributed by atoms with Crippen LogP contribution >= 0.6 is 0 Å². The Morgan fingerprint density at radius 2 is 2.00 bits per heavy atom. The molecule has 4 nitrogen and oxygen atoms in total. The van der Waals surface area contributed by atoms with Gasteiger partial charge in [0.05, 0.1) is 20.3 Å². The van der Waals surface area contributed by atoms with Gasteiger partial charge in [-0.3, -0.25) is 4.79 Å². The first kappa shape index (κ1) is 8.49. The average Bonchev–Trinajstić information content (AvgIpc) is 2.04. The van der Waals surface area contributed by atoms with E-state index in [0.29, 0.717) is 13.2 Å². The normalized spacial score (nSPS) is 22.7. The van der Waals surface area contributed by atoms with Gasteiger partial charge in [0.25, 0.3) is 0 Å². The Bertz CT molecular complexity index is 149. The Morgan fingerprint density at radius 3 is 2.45 bits per heavy atom. The number of methoxy groups -OCH3 is 1. The molecule has 1 heterocycles. The van der Waals surface area contributed by atoms with Crippen molar-refractivity contribution in [1.29, 1.82) is 0 Å². The van der Waals surface area contributed by atoms with Crippen molar-refractivity contribution in [3.05, 3.63) is 0 Å². The maximum Gasteiger partial charge on any atom is 0.316 e. The van der Waals surface area contributed by atoms with Crippen molar-refractivity contribution in [1.82, 2.24) is 0 Å². The molecule has 1 saturated heterocycles. The molecule has 1 fully saturated rings. The van der Waals surface area contributed by atoms with E-state index in [4.69, 9.17) is 9.47 Å². The molecule has 0 aliphatic carbocycles. The van der Waals surface area contributed by atoms with E-state index in [-0.39, 0.29) is 12.8 Å². The maximum absolute atomic E-state index is 11.1. The summed E-state index contributed by atoms with van der Waals surface area (Å²) in [6, 6.07) is 0. The Labute approximate surface area is 65.4 Å². The fraction of sp³-hybridized carbons (Fsp3) is 0.857. The zero-order valence-electron chi connectivity index (χ0n) is 6.75. The van der Waals surface area contributed by atoms with Crippen LogP contribution in [0.2, 0.25) is 0 Å². The fourth-order valence-electron chi connectivity index (χ4n) is 0.999. The summed E-state index contributed by atoms with van der Waals surface area (Å²) in [6.45, 7) is 2.78. The molecule has 0 saturated carbocycles. The average molecular weight is 160 g/mol. The van der Waals surface area contributed by atoms with Gasteiger partial charge in [-0.2, -0.15) is 0 Å². The van der Waals surface area contributed by atoms with Crippen molar-refractivity contribution < 1.29 is 19.0 Å². The number of rotatable bonds is 1. The second-order valence-electron chi connectivity index (χ2n) is 2.87. The minimum absolute atomic E-state index is 0.270. The van der Waals surface area contributed by atoms with Crippen molar-refractivity contribution in [3.63, 3.8) is 0 Å². The Kier molecular flexibility index (Phi) is 2.46. The largest absolute Gasteiger partial charge is 0.468 e. The quantitative estimate of drug-likeness (QED) is 0.513. The van der Waals surface area contributed by atoms with Crippen LogP contribution in [0.4, 0.5) is 0 Å². The predicted octanol–water partition coefficient (Wildman–Crippen LogP) is 0.170. The first-order valence-corrected chi connectivity index (χ1v) is 3.43. The van der Waals surface area contributed by atoms with Gasteiger partial charge in [0, 0.05) is 0 Å². The smallest absolute Gasteiger partial charge is 0.316 e. The molecule has 0 amide bonds. The van der Waals surface area contributed by atoms with Crippen LogP contribution in [0.1, 0.15) is 6.92 Å². The van der Waals surface area contributed by atoms with Gasteiger partial charge in [0.2, 0.25) is 0 Å². The Morgan fingerprint density at radius 1 is 1.45 bits per heavy atom. The molecule has 0 unspecified atom stereocenters. The molecule has 1 rings (SSSR count). The molecule has 64 valence electrons. The lowest BCUT2D eigenvalue weighted by Gasteiger charge is -2.29. The Hall–Kier alpha value is -0.610. The lowest BCUT2D eigenvalue weighted by Crippen LogP contribution is -2.42. The topological polar surface area (TPSA) is 44.8 Å². The predicted molar refractivity (Wildman–Crippen MR) is 36.9 cm³/mol. The molecule has 1 aliphatic rings. The molecular formula is C7H12O4. The van der Waals surface area contributed by atoms with E-state index in [9.17, 15) is 4.79 Å². The highest BCUT2D eigenvalue weighted by Gasteiger charge is 2.37. The molecule has 0 atom stereocenters. The first-order chi connectivity index (χ1) is 5.19. The zero-order chi connectivity index (χ0) is 8.32.